The Kier molecular flexibility index (Phi) is 1.36. The molecule has 2 heterocycles. The summed E-state index contributed by atoms with van der Waals surface area (Å²) in [6, 6.07) is 7.88. The number of rotatable bonds is 0. The molecule has 1 N–H and O–H groups in total. The van der Waals surface area contributed by atoms with Crippen LogP contribution in [0.25, 0.3) is 5.57 Å². The average Bonchev–Trinajstić information content (AvgIpc) is 2.56. The molecule has 0 fully saturated rings. The highest BCUT2D eigenvalue weighted by Crippen LogP contribution is 2.34. The maximum Gasteiger partial charge on any atom is 0.244 e. The Balaban J connectivity index is 2.23. The van der Waals surface area contributed by atoms with Crippen LogP contribution < -0.4 is 5.32 Å². The zero-order chi connectivity index (χ0) is 9.54. The summed E-state index contributed by atoms with van der Waals surface area (Å²) in [4.78, 5) is 15.6. The van der Waals surface area contributed by atoms with Crippen molar-refractivity contribution < 1.29 is 4.79 Å². The smallest absolute Gasteiger partial charge is 0.244 e. The number of carbonyl (C=O) groups excluding carboxylic acids is 1. The first-order chi connectivity index (χ1) is 6.84. The molecule has 0 saturated carbocycles. The molecule has 14 heavy (non-hydrogen) atoms. The lowest BCUT2D eigenvalue weighted by Gasteiger charge is -2.11. The van der Waals surface area contributed by atoms with Crippen LogP contribution in [0, 0.1) is 0 Å². The number of nitrogens with one attached hydrogen (secondary N) is 1. The zero-order valence-corrected chi connectivity index (χ0v) is 7.45. The van der Waals surface area contributed by atoms with Gasteiger partial charge in [-0.25, -0.2) is 0 Å². The van der Waals surface area contributed by atoms with Gasteiger partial charge in [0.25, 0.3) is 0 Å². The maximum atomic E-state index is 11.2. The molecular weight excluding hydrogens is 176 g/mol. The van der Waals surface area contributed by atoms with Gasteiger partial charge in [-0.05, 0) is 6.07 Å². The fourth-order valence-electron chi connectivity index (χ4n) is 1.81. The van der Waals surface area contributed by atoms with Crippen LogP contribution >= 0.6 is 0 Å². The van der Waals surface area contributed by atoms with Gasteiger partial charge in [-0.2, -0.15) is 0 Å². The first kappa shape index (κ1) is 7.50. The molecule has 68 valence electrons. The number of fused-ring (bicyclic) bond motifs is 3. The van der Waals surface area contributed by atoms with Crippen LogP contribution in [0.2, 0.25) is 0 Å². The summed E-state index contributed by atoms with van der Waals surface area (Å²) >= 11 is 0. The van der Waals surface area contributed by atoms with E-state index >= 15 is 0 Å². The lowest BCUT2D eigenvalue weighted by molar-refractivity contribution is -0.116. The van der Waals surface area contributed by atoms with Gasteiger partial charge in [0.15, 0.2) is 0 Å². The second-order valence-electron chi connectivity index (χ2n) is 3.35. The fraction of sp³-hybridized carbons (Fsp3) is 0.0909. The molecule has 0 aliphatic carbocycles. The second kappa shape index (κ2) is 2.54. The van der Waals surface area contributed by atoms with Crippen LogP contribution in [0.1, 0.15) is 5.56 Å². The molecule has 2 aliphatic heterocycles. The van der Waals surface area contributed by atoms with Gasteiger partial charge in [0.2, 0.25) is 5.91 Å². The highest BCUT2D eigenvalue weighted by atomic mass is 16.1. The largest absolute Gasteiger partial charge is 0.347 e. The predicted molar refractivity (Wildman–Crippen MR) is 54.5 cm³/mol. The van der Waals surface area contributed by atoms with E-state index in [1.807, 2.05) is 24.3 Å². The molecule has 0 spiro atoms. The molecule has 0 unspecified atom stereocenters. The summed E-state index contributed by atoms with van der Waals surface area (Å²) in [6.45, 7) is 0.541. The van der Waals surface area contributed by atoms with E-state index in [2.05, 4.69) is 10.3 Å². The summed E-state index contributed by atoms with van der Waals surface area (Å²) < 4.78 is 0. The zero-order valence-electron chi connectivity index (χ0n) is 7.45. The normalized spacial score (nSPS) is 17.9. The number of amides is 1. The summed E-state index contributed by atoms with van der Waals surface area (Å²) in [6.07, 6.45) is 1.62. The maximum absolute atomic E-state index is 11.2. The Morgan fingerprint density at radius 1 is 1.29 bits per heavy atom. The van der Waals surface area contributed by atoms with Gasteiger partial charge in [0.05, 0.1) is 17.9 Å². The van der Waals surface area contributed by atoms with Gasteiger partial charge >= 0.3 is 0 Å². The van der Waals surface area contributed by atoms with Crippen LogP contribution in [0.15, 0.2) is 35.3 Å². The third-order valence-corrected chi connectivity index (χ3v) is 2.47. The monoisotopic (exact) mass is 184 g/mol. The van der Waals surface area contributed by atoms with E-state index in [9.17, 15) is 4.79 Å². The molecule has 1 aromatic carbocycles. The third kappa shape index (κ3) is 0.923. The van der Waals surface area contributed by atoms with Gasteiger partial charge in [0, 0.05) is 17.2 Å². The summed E-state index contributed by atoms with van der Waals surface area (Å²) in [5.74, 6) is -0.0318. The quantitative estimate of drug-likeness (QED) is 0.648. The molecule has 3 rings (SSSR count). The predicted octanol–water partition coefficient (Wildman–Crippen LogP) is 1.29. The van der Waals surface area contributed by atoms with E-state index in [0.29, 0.717) is 6.54 Å². The van der Waals surface area contributed by atoms with Crippen molar-refractivity contribution in [1.29, 1.82) is 0 Å². The van der Waals surface area contributed by atoms with E-state index in [1.54, 1.807) is 6.08 Å². The molecular formula is C11H8N2O. The number of para-hydroxylation sites is 1. The topological polar surface area (TPSA) is 41.5 Å². The number of hydrogen-bond donors (Lipinski definition) is 1. The minimum Gasteiger partial charge on any atom is -0.347 e. The molecule has 3 nitrogen and oxygen atoms in total. The number of aliphatic imine (C=N–C) groups is 1. The van der Waals surface area contributed by atoms with Gasteiger partial charge in [0.1, 0.15) is 0 Å². The van der Waals surface area contributed by atoms with E-state index < -0.39 is 0 Å². The van der Waals surface area contributed by atoms with Crippen LogP contribution in [-0.4, -0.2) is 18.2 Å². The van der Waals surface area contributed by atoms with E-state index in [0.717, 1.165) is 22.5 Å². The molecule has 0 aromatic heterocycles. The van der Waals surface area contributed by atoms with Gasteiger partial charge in [-0.1, -0.05) is 18.2 Å². The van der Waals surface area contributed by atoms with Crippen LogP contribution in [0.4, 0.5) is 5.69 Å². The number of nitrogens with zero attached hydrogens (tertiary/aromatic N) is 1. The highest BCUT2D eigenvalue weighted by Gasteiger charge is 2.24. The first-order valence-electron chi connectivity index (χ1n) is 4.51. The van der Waals surface area contributed by atoms with E-state index in [4.69, 9.17) is 0 Å². The molecule has 0 bridgehead atoms. The average molecular weight is 184 g/mol. The molecule has 2 aliphatic rings. The lowest BCUT2D eigenvalue weighted by Crippen LogP contribution is -2.32. The third-order valence-electron chi connectivity index (χ3n) is 2.47. The van der Waals surface area contributed by atoms with Crippen LogP contribution in [0.5, 0.6) is 0 Å². The van der Waals surface area contributed by atoms with Crippen molar-refractivity contribution in [2.24, 2.45) is 4.99 Å². The van der Waals surface area contributed by atoms with Crippen LogP contribution in [0.3, 0.4) is 0 Å². The summed E-state index contributed by atoms with van der Waals surface area (Å²) in [5, 5.41) is 2.74. The standard InChI is InChI=1S/C11H8N2O/c14-11-5-8-7-3-1-2-4-9(7)13-10(8)6-12-11/h1-5H,6H2,(H,12,14). The van der Waals surface area contributed by atoms with Gasteiger partial charge in [-0.3, -0.25) is 9.79 Å². The van der Waals surface area contributed by atoms with Gasteiger partial charge < -0.3 is 5.32 Å². The first-order valence-corrected chi connectivity index (χ1v) is 4.51. The molecule has 0 atom stereocenters. The van der Waals surface area contributed by atoms with Crippen molar-refractivity contribution >= 4 is 22.9 Å². The number of benzene rings is 1. The second-order valence-corrected chi connectivity index (χ2v) is 3.35. The van der Waals surface area contributed by atoms with E-state index in [1.165, 1.54) is 0 Å². The highest BCUT2D eigenvalue weighted by molar-refractivity contribution is 6.34. The minimum atomic E-state index is -0.0318. The fourth-order valence-corrected chi connectivity index (χ4v) is 1.81. The van der Waals surface area contributed by atoms with Crippen LogP contribution in [-0.2, 0) is 4.79 Å². The summed E-state index contributed by atoms with van der Waals surface area (Å²) in [7, 11) is 0. The van der Waals surface area contributed by atoms with Gasteiger partial charge in [-0.15, -0.1) is 0 Å². The molecule has 1 amide bonds. The van der Waals surface area contributed by atoms with E-state index in [-0.39, 0.29) is 5.91 Å². The molecule has 0 saturated heterocycles. The molecule has 3 heteroatoms. The number of carbonyl (C=O) groups is 1. The Bertz CT molecular complexity index is 486. The number of hydrogen-bond acceptors (Lipinski definition) is 2. The Labute approximate surface area is 81.2 Å². The Morgan fingerprint density at radius 3 is 3.07 bits per heavy atom. The van der Waals surface area contributed by atoms with Crippen molar-refractivity contribution in [3.63, 3.8) is 0 Å². The lowest BCUT2D eigenvalue weighted by atomic mass is 10.0. The van der Waals surface area contributed by atoms with Crippen molar-refractivity contribution in [2.75, 3.05) is 6.54 Å². The SMILES string of the molecule is O=C1C=C2C(=Nc3ccccc32)CN1. The van der Waals surface area contributed by atoms with Crippen molar-refractivity contribution in [2.45, 2.75) is 0 Å². The Morgan fingerprint density at radius 2 is 2.14 bits per heavy atom. The summed E-state index contributed by atoms with van der Waals surface area (Å²) in [5.41, 5.74) is 3.97. The van der Waals surface area contributed by atoms with Crippen molar-refractivity contribution in [3.05, 3.63) is 35.9 Å². The minimum absolute atomic E-state index is 0.0318. The Hall–Kier alpha value is -1.90. The van der Waals surface area contributed by atoms with Crippen molar-refractivity contribution in [1.82, 2.24) is 5.32 Å². The molecule has 0 radical (unpaired) electrons. The molecule has 1 aromatic rings. The van der Waals surface area contributed by atoms with Crippen molar-refractivity contribution in [3.8, 4) is 0 Å².